The summed E-state index contributed by atoms with van der Waals surface area (Å²) in [5, 5.41) is 10.5. The maximum absolute atomic E-state index is 13.0. The number of esters is 1. The SMILES string of the molecule is COC(=O)[C@H](Cc1ccc(OC)cc1)N1C(=O)[C@H](O)CC12CCC1(CC2)OCCO1. The summed E-state index contributed by atoms with van der Waals surface area (Å²) in [6.45, 7) is 1.14. The molecule has 3 aliphatic rings. The van der Waals surface area contributed by atoms with Crippen LogP contribution in [0.1, 0.15) is 37.7 Å². The number of rotatable bonds is 5. The number of hydrogen-bond donors (Lipinski definition) is 1. The fourth-order valence-corrected chi connectivity index (χ4v) is 5.15. The van der Waals surface area contributed by atoms with E-state index in [0.29, 0.717) is 57.5 Å². The Bertz CT molecular complexity index is 777. The van der Waals surface area contributed by atoms with Crippen molar-refractivity contribution >= 4 is 11.9 Å². The van der Waals surface area contributed by atoms with E-state index in [9.17, 15) is 14.7 Å². The lowest BCUT2D eigenvalue weighted by molar-refractivity contribution is -0.196. The average Bonchev–Trinajstić information content (AvgIpc) is 3.32. The number of aliphatic hydroxyl groups is 1. The third-order valence-corrected chi connectivity index (χ3v) is 6.74. The van der Waals surface area contributed by atoms with E-state index in [1.165, 1.54) is 7.11 Å². The average molecular weight is 419 g/mol. The Kier molecular flexibility index (Phi) is 5.74. The first-order valence-corrected chi connectivity index (χ1v) is 10.4. The number of carbonyl (C=O) groups excluding carboxylic acids is 2. The van der Waals surface area contributed by atoms with Gasteiger partial charge in [-0.05, 0) is 30.5 Å². The fourth-order valence-electron chi connectivity index (χ4n) is 5.15. The number of methoxy groups -OCH3 is 2. The molecular weight excluding hydrogens is 390 g/mol. The van der Waals surface area contributed by atoms with Crippen molar-refractivity contribution in [2.45, 2.75) is 62.0 Å². The van der Waals surface area contributed by atoms with Gasteiger partial charge in [0.2, 0.25) is 0 Å². The van der Waals surface area contributed by atoms with Crippen molar-refractivity contribution < 1.29 is 33.6 Å². The van der Waals surface area contributed by atoms with Gasteiger partial charge in [0.05, 0.1) is 27.4 Å². The molecule has 8 heteroatoms. The maximum Gasteiger partial charge on any atom is 0.328 e. The van der Waals surface area contributed by atoms with Gasteiger partial charge < -0.3 is 29.0 Å². The summed E-state index contributed by atoms with van der Waals surface area (Å²) in [6.07, 6.45) is 1.94. The zero-order chi connectivity index (χ0) is 21.4. The molecule has 0 aromatic heterocycles. The van der Waals surface area contributed by atoms with Crippen LogP contribution >= 0.6 is 0 Å². The molecule has 0 bridgehead atoms. The molecule has 2 aliphatic heterocycles. The topological polar surface area (TPSA) is 94.5 Å². The molecular formula is C22H29NO7. The monoisotopic (exact) mass is 419 g/mol. The highest BCUT2D eigenvalue weighted by molar-refractivity contribution is 5.90. The van der Waals surface area contributed by atoms with E-state index in [2.05, 4.69) is 0 Å². The molecule has 1 aliphatic carbocycles. The van der Waals surface area contributed by atoms with Gasteiger partial charge in [-0.2, -0.15) is 0 Å². The minimum absolute atomic E-state index is 0.301. The van der Waals surface area contributed by atoms with Crippen LogP contribution in [0.2, 0.25) is 0 Å². The first-order chi connectivity index (χ1) is 14.4. The van der Waals surface area contributed by atoms with Gasteiger partial charge in [-0.25, -0.2) is 4.79 Å². The maximum atomic E-state index is 13.0. The third-order valence-electron chi connectivity index (χ3n) is 6.74. The van der Waals surface area contributed by atoms with Crippen LogP contribution in [0.5, 0.6) is 5.75 Å². The van der Waals surface area contributed by atoms with Crippen LogP contribution in [0, 0.1) is 0 Å². The standard InChI is InChI=1S/C22H29NO7/c1-27-16-5-3-15(4-6-16)13-17(20(26)28-2)23-19(25)18(24)14-21(23)7-9-22(10-8-21)29-11-12-30-22/h3-6,17-18,24H,7-14H2,1-2H3/t17-,18+/m0/s1. The van der Waals surface area contributed by atoms with Gasteiger partial charge in [0.1, 0.15) is 17.9 Å². The molecule has 2 heterocycles. The normalized spacial score (nSPS) is 25.6. The summed E-state index contributed by atoms with van der Waals surface area (Å²) in [4.78, 5) is 27.4. The van der Waals surface area contributed by atoms with Crippen LogP contribution in [0.3, 0.4) is 0 Å². The number of carbonyl (C=O) groups is 2. The van der Waals surface area contributed by atoms with Gasteiger partial charge in [-0.3, -0.25) is 4.79 Å². The predicted molar refractivity (Wildman–Crippen MR) is 106 cm³/mol. The van der Waals surface area contributed by atoms with Crippen LogP contribution in [-0.2, 0) is 30.2 Å². The number of nitrogens with zero attached hydrogens (tertiary/aromatic N) is 1. The van der Waals surface area contributed by atoms with Gasteiger partial charge in [0.15, 0.2) is 5.79 Å². The van der Waals surface area contributed by atoms with Crippen LogP contribution in [-0.4, -0.2) is 72.8 Å². The van der Waals surface area contributed by atoms with Crippen LogP contribution < -0.4 is 4.74 Å². The van der Waals surface area contributed by atoms with E-state index in [-0.39, 0.29) is 0 Å². The molecule has 164 valence electrons. The molecule has 4 rings (SSSR count). The molecule has 1 aromatic carbocycles. The lowest BCUT2D eigenvalue weighted by Gasteiger charge is -2.48. The van der Waals surface area contributed by atoms with Crippen molar-refractivity contribution in [3.8, 4) is 5.75 Å². The highest BCUT2D eigenvalue weighted by Crippen LogP contribution is 2.49. The number of amides is 1. The van der Waals surface area contributed by atoms with Gasteiger partial charge in [0.25, 0.3) is 5.91 Å². The first kappa shape index (κ1) is 21.1. The lowest BCUT2D eigenvalue weighted by atomic mass is 9.76. The quantitative estimate of drug-likeness (QED) is 0.722. The summed E-state index contributed by atoms with van der Waals surface area (Å²) in [6, 6.07) is 6.56. The van der Waals surface area contributed by atoms with Crippen molar-refractivity contribution in [3.63, 3.8) is 0 Å². The van der Waals surface area contributed by atoms with Gasteiger partial charge in [0, 0.05) is 31.2 Å². The summed E-state index contributed by atoms with van der Waals surface area (Å²) in [7, 11) is 2.91. The molecule has 2 atom stereocenters. The third kappa shape index (κ3) is 3.68. The summed E-state index contributed by atoms with van der Waals surface area (Å²) in [5.41, 5.74) is 0.271. The molecule has 1 N–H and O–H groups in total. The number of hydrogen-bond acceptors (Lipinski definition) is 7. The Morgan fingerprint density at radius 3 is 2.37 bits per heavy atom. The Labute approximate surface area is 176 Å². The Balaban J connectivity index is 1.61. The van der Waals surface area contributed by atoms with E-state index >= 15 is 0 Å². The van der Waals surface area contributed by atoms with Crippen LogP contribution in [0.4, 0.5) is 0 Å². The second kappa shape index (κ2) is 8.17. The van der Waals surface area contributed by atoms with E-state index in [1.54, 1.807) is 12.0 Å². The highest BCUT2D eigenvalue weighted by atomic mass is 16.7. The second-order valence-electron chi connectivity index (χ2n) is 8.35. The molecule has 1 amide bonds. The molecule has 0 radical (unpaired) electrons. The predicted octanol–water partition coefficient (Wildman–Crippen LogP) is 1.43. The fraction of sp³-hybridized carbons (Fsp3) is 0.636. The largest absolute Gasteiger partial charge is 0.497 e. The number of aliphatic hydroxyl groups excluding tert-OH is 1. The molecule has 3 fully saturated rings. The summed E-state index contributed by atoms with van der Waals surface area (Å²) in [5.74, 6) is -0.777. The number of likely N-dealkylation sites (tertiary alicyclic amines) is 1. The zero-order valence-corrected chi connectivity index (χ0v) is 17.5. The zero-order valence-electron chi connectivity index (χ0n) is 17.5. The van der Waals surface area contributed by atoms with Crippen molar-refractivity contribution in [2.75, 3.05) is 27.4 Å². The van der Waals surface area contributed by atoms with Gasteiger partial charge >= 0.3 is 5.97 Å². The van der Waals surface area contributed by atoms with E-state index in [4.69, 9.17) is 18.9 Å². The molecule has 8 nitrogen and oxygen atoms in total. The molecule has 2 saturated heterocycles. The molecule has 1 saturated carbocycles. The van der Waals surface area contributed by atoms with Crippen molar-refractivity contribution in [2.24, 2.45) is 0 Å². The summed E-state index contributed by atoms with van der Waals surface area (Å²) >= 11 is 0. The van der Waals surface area contributed by atoms with Crippen molar-refractivity contribution in [1.82, 2.24) is 4.90 Å². The second-order valence-corrected chi connectivity index (χ2v) is 8.35. The molecule has 0 unspecified atom stereocenters. The molecule has 30 heavy (non-hydrogen) atoms. The van der Waals surface area contributed by atoms with E-state index in [1.807, 2.05) is 24.3 Å². The Morgan fingerprint density at radius 1 is 1.17 bits per heavy atom. The van der Waals surface area contributed by atoms with Gasteiger partial charge in [-0.15, -0.1) is 0 Å². The molecule has 2 spiro atoms. The first-order valence-electron chi connectivity index (χ1n) is 10.4. The minimum atomic E-state index is -1.12. The number of ether oxygens (including phenoxy) is 4. The smallest absolute Gasteiger partial charge is 0.328 e. The van der Waals surface area contributed by atoms with Gasteiger partial charge in [-0.1, -0.05) is 12.1 Å². The Morgan fingerprint density at radius 2 is 1.80 bits per heavy atom. The van der Waals surface area contributed by atoms with Crippen LogP contribution in [0.15, 0.2) is 24.3 Å². The Hall–Kier alpha value is -2.16. The minimum Gasteiger partial charge on any atom is -0.497 e. The highest BCUT2D eigenvalue weighted by Gasteiger charge is 2.58. The van der Waals surface area contributed by atoms with Crippen molar-refractivity contribution in [3.05, 3.63) is 29.8 Å². The molecule has 1 aromatic rings. The lowest BCUT2D eigenvalue weighted by Crippen LogP contribution is -2.58. The van der Waals surface area contributed by atoms with Crippen molar-refractivity contribution in [1.29, 1.82) is 0 Å². The summed E-state index contributed by atoms with van der Waals surface area (Å²) < 4.78 is 21.9. The number of benzene rings is 1. The van der Waals surface area contributed by atoms with Crippen LogP contribution in [0.25, 0.3) is 0 Å². The van der Waals surface area contributed by atoms with E-state index < -0.39 is 35.3 Å². The van der Waals surface area contributed by atoms with E-state index in [0.717, 1.165) is 5.56 Å².